The first-order chi connectivity index (χ1) is 13.3. The molecule has 1 aliphatic carbocycles. The van der Waals surface area contributed by atoms with Crippen LogP contribution in [-0.4, -0.2) is 39.9 Å². The molecule has 1 N–H and O–H groups in total. The van der Waals surface area contributed by atoms with Crippen LogP contribution in [0.15, 0.2) is 24.3 Å². The van der Waals surface area contributed by atoms with E-state index in [1.54, 1.807) is 6.92 Å². The van der Waals surface area contributed by atoms with Gasteiger partial charge in [0, 0.05) is 5.39 Å². The second kappa shape index (κ2) is 6.74. The number of carbonyl (C=O) groups excluding carboxylic acids is 3. The number of carbonyl (C=O) groups is 3. The van der Waals surface area contributed by atoms with Crippen LogP contribution < -0.4 is 5.32 Å². The quantitative estimate of drug-likeness (QED) is 0.614. The van der Waals surface area contributed by atoms with Crippen molar-refractivity contribution in [1.82, 2.24) is 15.2 Å². The van der Waals surface area contributed by atoms with Crippen molar-refractivity contribution in [1.29, 1.82) is 0 Å². The number of rotatable bonds is 5. The van der Waals surface area contributed by atoms with E-state index in [2.05, 4.69) is 10.3 Å². The summed E-state index contributed by atoms with van der Waals surface area (Å²) < 4.78 is 5.26. The number of aromatic nitrogens is 1. The molecule has 1 aromatic heterocycles. The summed E-state index contributed by atoms with van der Waals surface area (Å²) in [5.74, 6) is -0.935. The van der Waals surface area contributed by atoms with Gasteiger partial charge in [0.15, 0.2) is 0 Å². The number of hydrogen-bond donors (Lipinski definition) is 1. The molecule has 28 heavy (non-hydrogen) atoms. The number of amides is 3. The van der Waals surface area contributed by atoms with E-state index in [4.69, 9.17) is 16.3 Å². The van der Waals surface area contributed by atoms with Crippen molar-refractivity contribution >= 4 is 40.4 Å². The Kier molecular flexibility index (Phi) is 4.50. The van der Waals surface area contributed by atoms with E-state index >= 15 is 0 Å². The Hall–Kier alpha value is -2.67. The minimum absolute atomic E-state index is 0.132. The number of aryl methyl sites for hydroxylation is 1. The maximum absolute atomic E-state index is 12.6. The van der Waals surface area contributed by atoms with E-state index in [0.29, 0.717) is 10.7 Å². The molecule has 1 saturated carbocycles. The van der Waals surface area contributed by atoms with Gasteiger partial charge in [-0.3, -0.25) is 14.5 Å². The number of ether oxygens (including phenoxy) is 1. The van der Waals surface area contributed by atoms with Gasteiger partial charge in [-0.25, -0.2) is 9.78 Å². The summed E-state index contributed by atoms with van der Waals surface area (Å²) in [6.07, 6.45) is 1.79. The minimum atomic E-state index is -0.919. The van der Waals surface area contributed by atoms with Crippen molar-refractivity contribution in [2.45, 2.75) is 38.8 Å². The fourth-order valence-electron chi connectivity index (χ4n) is 3.63. The molecule has 0 unspecified atom stereocenters. The third kappa shape index (κ3) is 3.09. The number of nitrogens with zero attached hydrogens (tertiary/aromatic N) is 2. The molecule has 1 saturated heterocycles. The predicted octanol–water partition coefficient (Wildman–Crippen LogP) is 2.96. The molecule has 0 bridgehead atoms. The highest BCUT2D eigenvalue weighted by atomic mass is 35.5. The fourth-order valence-corrected chi connectivity index (χ4v) is 3.83. The van der Waals surface area contributed by atoms with E-state index in [0.717, 1.165) is 34.2 Å². The van der Waals surface area contributed by atoms with Crippen molar-refractivity contribution in [3.8, 4) is 0 Å². The summed E-state index contributed by atoms with van der Waals surface area (Å²) in [4.78, 5) is 42.3. The van der Waals surface area contributed by atoms with Gasteiger partial charge in [-0.1, -0.05) is 29.8 Å². The first-order valence-corrected chi connectivity index (χ1v) is 9.52. The number of imide groups is 1. The zero-order valence-electron chi connectivity index (χ0n) is 15.6. The number of pyridine rings is 1. The van der Waals surface area contributed by atoms with Gasteiger partial charge in [0.25, 0.3) is 5.91 Å². The van der Waals surface area contributed by atoms with Gasteiger partial charge in [0.05, 0.1) is 16.2 Å². The number of hydrogen-bond acceptors (Lipinski definition) is 5. The van der Waals surface area contributed by atoms with Crippen LogP contribution in [0.25, 0.3) is 10.9 Å². The maximum atomic E-state index is 12.6. The summed E-state index contributed by atoms with van der Waals surface area (Å²) in [7, 11) is 0. The van der Waals surface area contributed by atoms with Crippen molar-refractivity contribution in [3.63, 3.8) is 0 Å². The number of esters is 1. The molecule has 2 aromatic rings. The molecule has 3 amide bonds. The Balaban J connectivity index is 1.44. The zero-order valence-corrected chi connectivity index (χ0v) is 16.4. The molecule has 0 spiro atoms. The Morgan fingerprint density at radius 3 is 2.79 bits per heavy atom. The van der Waals surface area contributed by atoms with Crippen molar-refractivity contribution < 1.29 is 19.1 Å². The normalized spacial score (nSPS) is 21.9. The average Bonchev–Trinajstić information content (AvgIpc) is 3.50. The van der Waals surface area contributed by atoms with Crippen LogP contribution in [0.5, 0.6) is 0 Å². The monoisotopic (exact) mass is 401 g/mol. The summed E-state index contributed by atoms with van der Waals surface area (Å²) in [5, 5.41) is 4.07. The molecular weight excluding hydrogens is 382 g/mol. The first-order valence-electron chi connectivity index (χ1n) is 9.14. The second-order valence-electron chi connectivity index (χ2n) is 7.47. The highest BCUT2D eigenvalue weighted by Crippen LogP contribution is 2.42. The second-order valence-corrected chi connectivity index (χ2v) is 7.85. The van der Waals surface area contributed by atoms with Gasteiger partial charge in [-0.15, -0.1) is 0 Å². The minimum Gasteiger partial charge on any atom is -0.458 e. The molecule has 7 nitrogen and oxygen atoms in total. The van der Waals surface area contributed by atoms with Crippen LogP contribution in [0.2, 0.25) is 5.02 Å². The fraction of sp³-hybridized carbons (Fsp3) is 0.400. The van der Waals surface area contributed by atoms with E-state index < -0.39 is 24.1 Å². The summed E-state index contributed by atoms with van der Waals surface area (Å²) in [6, 6.07) is 6.99. The lowest BCUT2D eigenvalue weighted by atomic mass is 9.96. The van der Waals surface area contributed by atoms with Gasteiger partial charge in [0.1, 0.15) is 18.7 Å². The Bertz CT molecular complexity index is 1000. The Morgan fingerprint density at radius 1 is 1.36 bits per heavy atom. The number of urea groups is 1. The SMILES string of the molecule is Cc1c(Cl)c(COC(=O)CN2C(=O)N[C@@](C)(C3CC3)C2=O)nc2ccccc12. The Labute approximate surface area is 167 Å². The summed E-state index contributed by atoms with van der Waals surface area (Å²) in [5.41, 5.74) is 1.13. The van der Waals surface area contributed by atoms with Crippen molar-refractivity contribution in [3.05, 3.63) is 40.5 Å². The average molecular weight is 402 g/mol. The number of halogens is 1. The highest BCUT2D eigenvalue weighted by Gasteiger charge is 2.56. The first kappa shape index (κ1) is 18.7. The lowest BCUT2D eigenvalue weighted by molar-refractivity contribution is -0.149. The number of nitrogens with one attached hydrogen (secondary N) is 1. The van der Waals surface area contributed by atoms with Crippen molar-refractivity contribution in [2.75, 3.05) is 6.54 Å². The van der Waals surface area contributed by atoms with Crippen LogP contribution in [0.1, 0.15) is 31.0 Å². The van der Waals surface area contributed by atoms with Gasteiger partial charge in [-0.2, -0.15) is 0 Å². The molecule has 2 aliphatic rings. The van der Waals surface area contributed by atoms with Crippen LogP contribution >= 0.6 is 11.6 Å². The topological polar surface area (TPSA) is 88.6 Å². The predicted molar refractivity (Wildman–Crippen MR) is 103 cm³/mol. The summed E-state index contributed by atoms with van der Waals surface area (Å²) >= 11 is 6.37. The van der Waals surface area contributed by atoms with Gasteiger partial charge >= 0.3 is 12.0 Å². The number of benzene rings is 1. The van der Waals surface area contributed by atoms with E-state index in [-0.39, 0.29) is 18.4 Å². The van der Waals surface area contributed by atoms with Crippen LogP contribution in [0.3, 0.4) is 0 Å². The molecule has 146 valence electrons. The smallest absolute Gasteiger partial charge is 0.326 e. The maximum Gasteiger partial charge on any atom is 0.326 e. The highest BCUT2D eigenvalue weighted by molar-refractivity contribution is 6.32. The van der Waals surface area contributed by atoms with E-state index in [1.807, 2.05) is 31.2 Å². The molecule has 1 aromatic carbocycles. The van der Waals surface area contributed by atoms with Crippen LogP contribution in [-0.2, 0) is 20.9 Å². The molecule has 1 atom stereocenters. The molecule has 2 heterocycles. The lowest BCUT2D eigenvalue weighted by Gasteiger charge is -2.20. The molecule has 4 rings (SSSR count). The third-order valence-corrected chi connectivity index (χ3v) is 6.00. The summed E-state index contributed by atoms with van der Waals surface area (Å²) in [6.45, 7) is 3.02. The van der Waals surface area contributed by atoms with Gasteiger partial charge < -0.3 is 10.1 Å². The lowest BCUT2D eigenvalue weighted by Crippen LogP contribution is -2.46. The molecule has 1 aliphatic heterocycles. The van der Waals surface area contributed by atoms with Crippen LogP contribution in [0, 0.1) is 12.8 Å². The molecule has 0 radical (unpaired) electrons. The number of para-hydroxylation sites is 1. The molecule has 2 fully saturated rings. The van der Waals surface area contributed by atoms with Crippen LogP contribution in [0.4, 0.5) is 4.79 Å². The largest absolute Gasteiger partial charge is 0.458 e. The van der Waals surface area contributed by atoms with Crippen molar-refractivity contribution in [2.24, 2.45) is 5.92 Å². The van der Waals surface area contributed by atoms with E-state index in [9.17, 15) is 14.4 Å². The van der Waals surface area contributed by atoms with E-state index in [1.165, 1.54) is 0 Å². The number of fused-ring (bicyclic) bond motifs is 1. The standard InChI is InChI=1S/C20H20ClN3O4/c1-11-13-5-3-4-6-14(13)22-15(17(11)21)10-28-16(25)9-24-18(26)20(2,12-7-8-12)23-19(24)27/h3-6,12H,7-10H2,1-2H3,(H,23,27)/t20-/m0/s1. The molecular formula is C20H20ClN3O4. The van der Waals surface area contributed by atoms with Gasteiger partial charge in [0.2, 0.25) is 0 Å². The third-order valence-electron chi connectivity index (χ3n) is 5.50. The zero-order chi connectivity index (χ0) is 20.1. The Morgan fingerprint density at radius 2 is 2.07 bits per heavy atom. The van der Waals surface area contributed by atoms with Gasteiger partial charge in [-0.05, 0) is 44.2 Å². The molecule has 8 heteroatoms.